The highest BCUT2D eigenvalue weighted by Crippen LogP contribution is 2.31. The second kappa shape index (κ2) is 5.43. The summed E-state index contributed by atoms with van der Waals surface area (Å²) in [6, 6.07) is 8.85. The second-order valence-corrected chi connectivity index (χ2v) is 5.71. The van der Waals surface area contributed by atoms with Gasteiger partial charge in [-0.05, 0) is 70.6 Å². The van der Waals surface area contributed by atoms with E-state index < -0.39 is 0 Å². The summed E-state index contributed by atoms with van der Waals surface area (Å²) in [4.78, 5) is 0. The van der Waals surface area contributed by atoms with Crippen molar-refractivity contribution in [1.82, 2.24) is 0 Å². The molecule has 1 nitrogen and oxygen atoms in total. The van der Waals surface area contributed by atoms with Gasteiger partial charge in [-0.2, -0.15) is 0 Å². The molecule has 2 rings (SSSR count). The smallest absolute Gasteiger partial charge is 0.137 e. The van der Waals surface area contributed by atoms with Crippen LogP contribution in [0, 0.1) is 26.6 Å². The molecule has 2 aromatic carbocycles. The average molecular weight is 322 g/mol. The van der Waals surface area contributed by atoms with Crippen molar-refractivity contribution in [2.24, 2.45) is 5.73 Å². The predicted molar refractivity (Wildman–Crippen MR) is 80.8 cm³/mol. The first kappa shape index (κ1) is 14.2. The minimum absolute atomic E-state index is 0.283. The maximum absolute atomic E-state index is 13.6. The van der Waals surface area contributed by atoms with E-state index in [1.165, 1.54) is 17.2 Å². The molecule has 0 saturated carbocycles. The van der Waals surface area contributed by atoms with E-state index in [9.17, 15) is 4.39 Å². The zero-order chi connectivity index (χ0) is 14.2. The lowest BCUT2D eigenvalue weighted by Crippen LogP contribution is -2.15. The Hall–Kier alpha value is -1.19. The summed E-state index contributed by atoms with van der Waals surface area (Å²) in [5.41, 5.74) is 11.7. The van der Waals surface area contributed by atoms with Gasteiger partial charge in [0.25, 0.3) is 0 Å². The molecule has 1 unspecified atom stereocenters. The zero-order valence-corrected chi connectivity index (χ0v) is 12.9. The number of halogens is 2. The van der Waals surface area contributed by atoms with E-state index in [-0.39, 0.29) is 11.9 Å². The first-order chi connectivity index (χ1) is 8.91. The van der Waals surface area contributed by atoms with Gasteiger partial charge in [0.05, 0.1) is 10.5 Å². The molecule has 100 valence electrons. The van der Waals surface area contributed by atoms with E-state index in [4.69, 9.17) is 5.73 Å². The molecule has 0 spiro atoms. The summed E-state index contributed by atoms with van der Waals surface area (Å²) >= 11 is 3.28. The van der Waals surface area contributed by atoms with Crippen LogP contribution in [0.1, 0.15) is 33.9 Å². The third-order valence-corrected chi connectivity index (χ3v) is 4.37. The molecule has 0 bridgehead atoms. The fourth-order valence-electron chi connectivity index (χ4n) is 2.25. The van der Waals surface area contributed by atoms with Crippen molar-refractivity contribution >= 4 is 15.9 Å². The maximum Gasteiger partial charge on any atom is 0.137 e. The van der Waals surface area contributed by atoms with Crippen LogP contribution in [0.2, 0.25) is 0 Å². The molecule has 0 amide bonds. The molecule has 0 aliphatic carbocycles. The molecular weight excluding hydrogens is 305 g/mol. The van der Waals surface area contributed by atoms with Gasteiger partial charge >= 0.3 is 0 Å². The number of hydrogen-bond acceptors (Lipinski definition) is 1. The molecule has 0 fully saturated rings. The fourth-order valence-corrected chi connectivity index (χ4v) is 2.76. The van der Waals surface area contributed by atoms with Gasteiger partial charge in [0.2, 0.25) is 0 Å². The van der Waals surface area contributed by atoms with E-state index in [2.05, 4.69) is 41.9 Å². The van der Waals surface area contributed by atoms with Crippen molar-refractivity contribution in [3.63, 3.8) is 0 Å². The molecule has 0 aliphatic heterocycles. The van der Waals surface area contributed by atoms with Crippen LogP contribution in [0.25, 0.3) is 0 Å². The molecular formula is C16H17BrFN. The summed E-state index contributed by atoms with van der Waals surface area (Å²) < 4.78 is 14.0. The summed E-state index contributed by atoms with van der Waals surface area (Å²) in [6.45, 7) is 6.18. The average Bonchev–Trinajstić information content (AvgIpc) is 2.36. The van der Waals surface area contributed by atoms with Crippen LogP contribution in [0.4, 0.5) is 4.39 Å². The largest absolute Gasteiger partial charge is 0.320 e. The molecule has 0 aromatic heterocycles. The van der Waals surface area contributed by atoms with E-state index in [1.807, 2.05) is 13.0 Å². The first-order valence-corrected chi connectivity index (χ1v) is 6.98. The molecule has 0 saturated heterocycles. The van der Waals surface area contributed by atoms with Crippen LogP contribution in [0.15, 0.2) is 34.8 Å². The highest BCUT2D eigenvalue weighted by Gasteiger charge is 2.17. The molecule has 1 atom stereocenters. The Labute approximate surface area is 121 Å². The molecule has 19 heavy (non-hydrogen) atoms. The fraction of sp³-hybridized carbons (Fsp3) is 0.250. The van der Waals surface area contributed by atoms with Crippen LogP contribution in [-0.4, -0.2) is 0 Å². The number of rotatable bonds is 2. The van der Waals surface area contributed by atoms with Gasteiger partial charge in [0.1, 0.15) is 5.82 Å². The van der Waals surface area contributed by atoms with Crippen LogP contribution in [-0.2, 0) is 0 Å². The Morgan fingerprint density at radius 3 is 2.32 bits per heavy atom. The van der Waals surface area contributed by atoms with Crippen LogP contribution < -0.4 is 5.73 Å². The molecule has 2 aromatic rings. The Morgan fingerprint density at radius 2 is 1.63 bits per heavy atom. The van der Waals surface area contributed by atoms with Crippen LogP contribution in [0.3, 0.4) is 0 Å². The first-order valence-electron chi connectivity index (χ1n) is 6.19. The van der Waals surface area contributed by atoms with E-state index >= 15 is 0 Å². The third-order valence-electron chi connectivity index (χ3n) is 3.53. The molecule has 2 N–H and O–H groups in total. The Morgan fingerprint density at radius 1 is 1.00 bits per heavy atom. The summed E-state index contributed by atoms with van der Waals surface area (Å²) in [7, 11) is 0. The van der Waals surface area contributed by atoms with Crippen molar-refractivity contribution in [3.8, 4) is 0 Å². The van der Waals surface area contributed by atoms with Gasteiger partial charge in [-0.3, -0.25) is 0 Å². The van der Waals surface area contributed by atoms with Gasteiger partial charge < -0.3 is 5.73 Å². The summed E-state index contributed by atoms with van der Waals surface area (Å²) in [5.74, 6) is -0.283. The topological polar surface area (TPSA) is 26.0 Å². The van der Waals surface area contributed by atoms with Gasteiger partial charge in [-0.1, -0.05) is 24.3 Å². The highest BCUT2D eigenvalue weighted by atomic mass is 79.9. The van der Waals surface area contributed by atoms with E-state index in [0.29, 0.717) is 4.47 Å². The predicted octanol–water partition coefficient (Wildman–Crippen LogP) is 4.56. The Bertz CT molecular complexity index is 622. The van der Waals surface area contributed by atoms with Crippen LogP contribution in [0.5, 0.6) is 0 Å². The monoisotopic (exact) mass is 321 g/mol. The Kier molecular flexibility index (Phi) is 4.07. The van der Waals surface area contributed by atoms with Crippen molar-refractivity contribution in [3.05, 3.63) is 68.4 Å². The molecule has 0 radical (unpaired) electrons. The normalized spacial score (nSPS) is 12.5. The number of benzene rings is 2. The Balaban J connectivity index is 2.53. The molecule has 3 heteroatoms. The van der Waals surface area contributed by atoms with Gasteiger partial charge in [-0.25, -0.2) is 4.39 Å². The minimum atomic E-state index is -0.329. The SMILES string of the molecule is Cc1cc(C)c(C(N)c2cccc(F)c2Br)cc1C. The van der Waals surface area contributed by atoms with Crippen LogP contribution >= 0.6 is 15.9 Å². The number of aryl methyl sites for hydroxylation is 3. The van der Waals surface area contributed by atoms with E-state index in [1.54, 1.807) is 6.07 Å². The van der Waals surface area contributed by atoms with Crippen molar-refractivity contribution < 1.29 is 4.39 Å². The third kappa shape index (κ3) is 2.72. The standard InChI is InChI=1S/C16H17BrFN/c1-9-7-11(3)13(8-10(9)2)16(19)12-5-4-6-14(18)15(12)17/h4-8,16H,19H2,1-3H3. The number of nitrogens with two attached hydrogens (primary N) is 1. The van der Waals surface area contributed by atoms with Crippen molar-refractivity contribution in [1.29, 1.82) is 0 Å². The second-order valence-electron chi connectivity index (χ2n) is 4.91. The highest BCUT2D eigenvalue weighted by molar-refractivity contribution is 9.10. The van der Waals surface area contributed by atoms with Crippen molar-refractivity contribution in [2.45, 2.75) is 26.8 Å². The maximum atomic E-state index is 13.6. The number of hydrogen-bond donors (Lipinski definition) is 1. The minimum Gasteiger partial charge on any atom is -0.320 e. The van der Waals surface area contributed by atoms with Gasteiger partial charge in [0.15, 0.2) is 0 Å². The molecule has 0 aliphatic rings. The lowest BCUT2D eigenvalue weighted by Gasteiger charge is -2.18. The van der Waals surface area contributed by atoms with Crippen molar-refractivity contribution in [2.75, 3.05) is 0 Å². The summed E-state index contributed by atoms with van der Waals surface area (Å²) in [6.07, 6.45) is 0. The molecule has 0 heterocycles. The zero-order valence-electron chi connectivity index (χ0n) is 11.3. The summed E-state index contributed by atoms with van der Waals surface area (Å²) in [5, 5.41) is 0. The van der Waals surface area contributed by atoms with Gasteiger partial charge in [0, 0.05) is 0 Å². The lowest BCUT2D eigenvalue weighted by atomic mass is 9.92. The van der Waals surface area contributed by atoms with E-state index in [0.717, 1.165) is 16.7 Å². The lowest BCUT2D eigenvalue weighted by molar-refractivity contribution is 0.616. The quantitative estimate of drug-likeness (QED) is 0.862. The van der Waals surface area contributed by atoms with Gasteiger partial charge in [-0.15, -0.1) is 0 Å².